The maximum absolute atomic E-state index is 13.1. The molecule has 0 N–H and O–H groups in total. The van der Waals surface area contributed by atoms with E-state index in [-0.39, 0.29) is 0 Å². The van der Waals surface area contributed by atoms with Crippen molar-refractivity contribution in [2.75, 3.05) is 26.3 Å². The molecular weight excluding hydrogens is 236 g/mol. The summed E-state index contributed by atoms with van der Waals surface area (Å²) in [6.07, 6.45) is 1.80. The molecule has 2 rings (SSSR count). The smallest absolute Gasteiger partial charge is 0.159 e. The lowest BCUT2D eigenvalue weighted by Gasteiger charge is -2.35. The summed E-state index contributed by atoms with van der Waals surface area (Å²) >= 11 is 0. The predicted molar refractivity (Wildman–Crippen MR) is 66.5 cm³/mol. The molecule has 1 heterocycles. The van der Waals surface area contributed by atoms with Gasteiger partial charge in [0.15, 0.2) is 11.6 Å². The van der Waals surface area contributed by atoms with Crippen molar-refractivity contribution in [2.24, 2.45) is 0 Å². The molecule has 2 nitrogen and oxygen atoms in total. The van der Waals surface area contributed by atoms with E-state index in [2.05, 4.69) is 11.8 Å². The molecule has 1 unspecified atom stereocenters. The van der Waals surface area contributed by atoms with E-state index in [1.165, 1.54) is 12.1 Å². The highest BCUT2D eigenvalue weighted by atomic mass is 19.2. The van der Waals surface area contributed by atoms with Crippen LogP contribution in [-0.2, 0) is 11.2 Å². The molecule has 0 spiro atoms. The Morgan fingerprint density at radius 1 is 1.33 bits per heavy atom. The van der Waals surface area contributed by atoms with Crippen LogP contribution in [0.2, 0.25) is 0 Å². The van der Waals surface area contributed by atoms with Crippen molar-refractivity contribution in [3.63, 3.8) is 0 Å². The molecular formula is C14H19F2NO. The van der Waals surface area contributed by atoms with Crippen molar-refractivity contribution in [1.82, 2.24) is 4.90 Å². The van der Waals surface area contributed by atoms with Gasteiger partial charge in [-0.1, -0.05) is 13.0 Å². The third-order valence-corrected chi connectivity index (χ3v) is 3.49. The zero-order chi connectivity index (χ0) is 13.0. The van der Waals surface area contributed by atoms with E-state index < -0.39 is 11.6 Å². The van der Waals surface area contributed by atoms with Crippen LogP contribution >= 0.6 is 0 Å². The topological polar surface area (TPSA) is 12.5 Å². The summed E-state index contributed by atoms with van der Waals surface area (Å²) in [7, 11) is 0. The second kappa shape index (κ2) is 6.25. The lowest BCUT2D eigenvalue weighted by Crippen LogP contribution is -2.45. The number of rotatable bonds is 4. The fraction of sp³-hybridized carbons (Fsp3) is 0.571. The molecule has 0 amide bonds. The van der Waals surface area contributed by atoms with E-state index in [1.54, 1.807) is 6.07 Å². The summed E-state index contributed by atoms with van der Waals surface area (Å²) in [4.78, 5) is 2.37. The zero-order valence-corrected chi connectivity index (χ0v) is 10.7. The van der Waals surface area contributed by atoms with Crippen molar-refractivity contribution in [1.29, 1.82) is 0 Å². The maximum atomic E-state index is 13.1. The molecule has 18 heavy (non-hydrogen) atoms. The highest BCUT2D eigenvalue weighted by Gasteiger charge is 2.20. The molecule has 1 aromatic carbocycles. The first-order valence-corrected chi connectivity index (χ1v) is 6.46. The largest absolute Gasteiger partial charge is 0.378 e. The van der Waals surface area contributed by atoms with E-state index in [0.29, 0.717) is 6.04 Å². The highest BCUT2D eigenvalue weighted by Crippen LogP contribution is 2.13. The first-order valence-electron chi connectivity index (χ1n) is 6.46. The molecule has 0 aromatic heterocycles. The van der Waals surface area contributed by atoms with Crippen LogP contribution in [0.4, 0.5) is 8.78 Å². The number of hydrogen-bond donors (Lipinski definition) is 0. The van der Waals surface area contributed by atoms with Gasteiger partial charge in [-0.25, -0.2) is 8.78 Å². The minimum atomic E-state index is -0.781. The van der Waals surface area contributed by atoms with Crippen molar-refractivity contribution in [3.8, 4) is 0 Å². The minimum Gasteiger partial charge on any atom is -0.378 e. The Kier molecular flexibility index (Phi) is 4.66. The van der Waals surface area contributed by atoms with Crippen LogP contribution in [0.5, 0.6) is 0 Å². The van der Waals surface area contributed by atoms with Crippen LogP contribution in [-0.4, -0.2) is 37.2 Å². The third-order valence-electron chi connectivity index (χ3n) is 3.49. The second-order valence-corrected chi connectivity index (χ2v) is 4.67. The average Bonchev–Trinajstić information content (AvgIpc) is 2.40. The number of ether oxygens (including phenoxy) is 1. The van der Waals surface area contributed by atoms with Gasteiger partial charge in [-0.05, 0) is 30.5 Å². The van der Waals surface area contributed by atoms with Gasteiger partial charge < -0.3 is 4.74 Å². The number of morpholine rings is 1. The van der Waals surface area contributed by atoms with Crippen molar-refractivity contribution in [2.45, 2.75) is 25.8 Å². The number of hydrogen-bond acceptors (Lipinski definition) is 2. The maximum Gasteiger partial charge on any atom is 0.159 e. The van der Waals surface area contributed by atoms with E-state index in [0.717, 1.165) is 44.7 Å². The molecule has 1 fully saturated rings. The van der Waals surface area contributed by atoms with E-state index in [9.17, 15) is 8.78 Å². The van der Waals surface area contributed by atoms with Crippen molar-refractivity contribution >= 4 is 0 Å². The fourth-order valence-corrected chi connectivity index (χ4v) is 2.33. The van der Waals surface area contributed by atoms with Gasteiger partial charge in [0.1, 0.15) is 0 Å². The average molecular weight is 255 g/mol. The Bertz CT molecular complexity index is 397. The van der Waals surface area contributed by atoms with Gasteiger partial charge in [-0.15, -0.1) is 0 Å². The molecule has 0 saturated carbocycles. The van der Waals surface area contributed by atoms with Crippen molar-refractivity contribution < 1.29 is 13.5 Å². The van der Waals surface area contributed by atoms with Crippen LogP contribution < -0.4 is 0 Å². The summed E-state index contributed by atoms with van der Waals surface area (Å²) < 4.78 is 31.3. The summed E-state index contributed by atoms with van der Waals surface area (Å²) in [5.74, 6) is -1.54. The summed E-state index contributed by atoms with van der Waals surface area (Å²) in [6.45, 7) is 5.46. The van der Waals surface area contributed by atoms with Gasteiger partial charge in [-0.2, -0.15) is 0 Å². The van der Waals surface area contributed by atoms with Crippen LogP contribution in [0, 0.1) is 11.6 Å². The Hall–Kier alpha value is -1.00. The SMILES string of the molecule is CCC1COCCN1CCc1ccc(F)c(F)c1. The lowest BCUT2D eigenvalue weighted by atomic mass is 10.1. The highest BCUT2D eigenvalue weighted by molar-refractivity contribution is 5.18. The summed E-state index contributed by atoms with van der Waals surface area (Å²) in [5, 5.41) is 0. The zero-order valence-electron chi connectivity index (χ0n) is 10.7. The summed E-state index contributed by atoms with van der Waals surface area (Å²) in [5.41, 5.74) is 0.843. The van der Waals surface area contributed by atoms with Crippen LogP contribution in [0.3, 0.4) is 0 Å². The van der Waals surface area contributed by atoms with Crippen LogP contribution in [0.15, 0.2) is 18.2 Å². The molecule has 0 aliphatic carbocycles. The van der Waals surface area contributed by atoms with E-state index in [4.69, 9.17) is 4.74 Å². The first-order chi connectivity index (χ1) is 8.70. The molecule has 1 aromatic rings. The number of benzene rings is 1. The Labute approximate surface area is 107 Å². The molecule has 1 aliphatic rings. The Morgan fingerprint density at radius 3 is 2.89 bits per heavy atom. The molecule has 4 heteroatoms. The van der Waals surface area contributed by atoms with Crippen molar-refractivity contribution in [3.05, 3.63) is 35.4 Å². The van der Waals surface area contributed by atoms with Gasteiger partial charge in [0.2, 0.25) is 0 Å². The van der Waals surface area contributed by atoms with Gasteiger partial charge >= 0.3 is 0 Å². The van der Waals surface area contributed by atoms with Gasteiger partial charge in [0, 0.05) is 19.1 Å². The van der Waals surface area contributed by atoms with E-state index in [1.807, 2.05) is 0 Å². The molecule has 1 aliphatic heterocycles. The monoisotopic (exact) mass is 255 g/mol. The quantitative estimate of drug-likeness (QED) is 0.820. The third kappa shape index (κ3) is 3.27. The summed E-state index contributed by atoms with van der Waals surface area (Å²) in [6, 6.07) is 4.58. The molecule has 1 atom stereocenters. The van der Waals surface area contributed by atoms with E-state index >= 15 is 0 Å². The Balaban J connectivity index is 1.91. The van der Waals surface area contributed by atoms with Crippen LogP contribution in [0.1, 0.15) is 18.9 Å². The van der Waals surface area contributed by atoms with Crippen LogP contribution in [0.25, 0.3) is 0 Å². The minimum absolute atomic E-state index is 0.448. The van der Waals surface area contributed by atoms with Gasteiger partial charge in [-0.3, -0.25) is 4.90 Å². The van der Waals surface area contributed by atoms with Gasteiger partial charge in [0.25, 0.3) is 0 Å². The molecule has 100 valence electrons. The van der Waals surface area contributed by atoms with Gasteiger partial charge in [0.05, 0.1) is 13.2 Å². The fourth-order valence-electron chi connectivity index (χ4n) is 2.33. The lowest BCUT2D eigenvalue weighted by molar-refractivity contribution is -0.00793. The number of halogens is 2. The first kappa shape index (κ1) is 13.4. The Morgan fingerprint density at radius 2 is 2.17 bits per heavy atom. The normalized spacial score (nSPS) is 21.2. The second-order valence-electron chi connectivity index (χ2n) is 4.67. The standard InChI is InChI=1S/C14H19F2NO/c1-2-12-10-18-8-7-17(12)6-5-11-3-4-13(15)14(16)9-11/h3-4,9,12H,2,5-8,10H2,1H3. The molecule has 0 radical (unpaired) electrons. The molecule has 0 bridgehead atoms. The number of nitrogens with zero attached hydrogens (tertiary/aromatic N) is 1. The molecule has 1 saturated heterocycles. The predicted octanol–water partition coefficient (Wildman–Crippen LogP) is 2.62.